The third kappa shape index (κ3) is 5.03. The average molecular weight is 423 g/mol. The Morgan fingerprint density at radius 1 is 0.870 bits per heavy atom. The maximum Gasteiger partial charge on any atom is 0.108 e. The van der Waals surface area contributed by atoms with Crippen molar-refractivity contribution in [1.29, 1.82) is 0 Å². The van der Waals surface area contributed by atoms with Crippen LogP contribution >= 0.6 is 0 Å². The lowest BCUT2D eigenvalue weighted by Crippen LogP contribution is -3.00. The zero-order valence-electron chi connectivity index (χ0n) is 13.8. The van der Waals surface area contributed by atoms with Gasteiger partial charge in [-0.2, -0.15) is 0 Å². The van der Waals surface area contributed by atoms with Gasteiger partial charge in [0.05, 0.1) is 26.7 Å². The fourth-order valence-corrected chi connectivity index (χ4v) is 3.35. The Bertz CT molecular complexity index is 527. The van der Waals surface area contributed by atoms with Crippen molar-refractivity contribution < 1.29 is 33.2 Å². The Morgan fingerprint density at radius 3 is 1.83 bits per heavy atom. The quantitative estimate of drug-likeness (QED) is 0.499. The van der Waals surface area contributed by atoms with Gasteiger partial charge in [0.2, 0.25) is 0 Å². The third-order valence-electron chi connectivity index (χ3n) is 4.77. The van der Waals surface area contributed by atoms with Gasteiger partial charge in [-0.25, -0.2) is 0 Å². The summed E-state index contributed by atoms with van der Waals surface area (Å²) in [6.45, 7) is 4.51. The standard InChI is InChI=1S/C20H26NO.HI/c1-21(14-8-9-15-21)16-17-22-20(18-10-4-2-5-11-18)19-12-6-3-7-13-19;/h2-7,10-13,20H,8-9,14-17H2,1H3;1H/q+1;/p-1. The second-order valence-electron chi connectivity index (χ2n) is 6.57. The molecule has 0 aromatic heterocycles. The normalized spacial score (nSPS) is 16.3. The van der Waals surface area contributed by atoms with Crippen LogP contribution in [0.1, 0.15) is 30.1 Å². The summed E-state index contributed by atoms with van der Waals surface area (Å²) in [6.07, 6.45) is 2.76. The maximum atomic E-state index is 6.33. The Labute approximate surface area is 157 Å². The number of hydrogen-bond donors (Lipinski definition) is 0. The van der Waals surface area contributed by atoms with Crippen LogP contribution in [0.2, 0.25) is 0 Å². The molecule has 0 unspecified atom stereocenters. The van der Waals surface area contributed by atoms with Crippen molar-refractivity contribution in [3.8, 4) is 0 Å². The number of ether oxygens (including phenoxy) is 1. The van der Waals surface area contributed by atoms with Gasteiger partial charge >= 0.3 is 0 Å². The van der Waals surface area contributed by atoms with Crippen LogP contribution in [0, 0.1) is 0 Å². The monoisotopic (exact) mass is 423 g/mol. The minimum Gasteiger partial charge on any atom is -1.00 e. The Hall–Kier alpha value is -0.910. The molecule has 0 aliphatic carbocycles. The molecule has 0 radical (unpaired) electrons. The van der Waals surface area contributed by atoms with E-state index in [9.17, 15) is 0 Å². The molecule has 2 nitrogen and oxygen atoms in total. The smallest absolute Gasteiger partial charge is 0.108 e. The highest BCUT2D eigenvalue weighted by Gasteiger charge is 2.27. The van der Waals surface area contributed by atoms with Crippen molar-refractivity contribution in [3.05, 3.63) is 71.8 Å². The van der Waals surface area contributed by atoms with Gasteiger partial charge in [0, 0.05) is 12.8 Å². The maximum absolute atomic E-state index is 6.33. The van der Waals surface area contributed by atoms with Crippen LogP contribution < -0.4 is 24.0 Å². The van der Waals surface area contributed by atoms with Gasteiger partial charge in [-0.3, -0.25) is 0 Å². The summed E-state index contributed by atoms with van der Waals surface area (Å²) in [5, 5.41) is 0. The van der Waals surface area contributed by atoms with E-state index < -0.39 is 0 Å². The first-order chi connectivity index (χ1) is 10.8. The van der Waals surface area contributed by atoms with Gasteiger partial charge in [0.15, 0.2) is 0 Å². The summed E-state index contributed by atoms with van der Waals surface area (Å²) < 4.78 is 7.49. The third-order valence-corrected chi connectivity index (χ3v) is 4.77. The Kier molecular flexibility index (Phi) is 7.06. The van der Waals surface area contributed by atoms with E-state index in [1.165, 1.54) is 37.1 Å². The predicted molar refractivity (Wildman–Crippen MR) is 90.7 cm³/mol. The summed E-state index contributed by atoms with van der Waals surface area (Å²) in [7, 11) is 2.36. The van der Waals surface area contributed by atoms with Crippen LogP contribution in [0.3, 0.4) is 0 Å². The number of halogens is 1. The van der Waals surface area contributed by atoms with Gasteiger partial charge in [0.25, 0.3) is 0 Å². The van der Waals surface area contributed by atoms with Crippen molar-refractivity contribution in [2.24, 2.45) is 0 Å². The number of hydrogen-bond acceptors (Lipinski definition) is 1. The molecule has 3 rings (SSSR count). The van der Waals surface area contributed by atoms with Crippen LogP contribution in [-0.4, -0.2) is 37.8 Å². The van der Waals surface area contributed by atoms with E-state index in [2.05, 4.69) is 67.7 Å². The lowest BCUT2D eigenvalue weighted by atomic mass is 10.0. The van der Waals surface area contributed by atoms with Crippen LogP contribution in [0.5, 0.6) is 0 Å². The lowest BCUT2D eigenvalue weighted by Gasteiger charge is -2.30. The molecule has 0 spiro atoms. The molecule has 0 amide bonds. The highest BCUT2D eigenvalue weighted by atomic mass is 127. The van der Waals surface area contributed by atoms with E-state index in [1.807, 2.05) is 0 Å². The fourth-order valence-electron chi connectivity index (χ4n) is 3.35. The van der Waals surface area contributed by atoms with E-state index in [0.29, 0.717) is 0 Å². The van der Waals surface area contributed by atoms with Crippen molar-refractivity contribution in [2.45, 2.75) is 18.9 Å². The summed E-state index contributed by atoms with van der Waals surface area (Å²) in [5.74, 6) is 0. The molecule has 1 heterocycles. The van der Waals surface area contributed by atoms with Gasteiger partial charge in [-0.15, -0.1) is 0 Å². The minimum atomic E-state index is 0. The highest BCUT2D eigenvalue weighted by Crippen LogP contribution is 2.26. The molecular weight excluding hydrogens is 397 g/mol. The zero-order valence-corrected chi connectivity index (χ0v) is 16.0. The van der Waals surface area contributed by atoms with Crippen LogP contribution in [0.4, 0.5) is 0 Å². The van der Waals surface area contributed by atoms with Crippen LogP contribution in [0.25, 0.3) is 0 Å². The molecule has 2 aromatic carbocycles. The SMILES string of the molecule is C[N+]1(CCOC(c2ccccc2)c2ccccc2)CCCC1.[I-]. The Morgan fingerprint density at radius 2 is 1.35 bits per heavy atom. The Balaban J connectivity index is 0.00000192. The second kappa shape index (κ2) is 8.81. The number of likely N-dealkylation sites (N-methyl/N-ethyl adjacent to an activating group) is 1. The van der Waals surface area contributed by atoms with Crippen molar-refractivity contribution in [1.82, 2.24) is 0 Å². The van der Waals surface area contributed by atoms with Gasteiger partial charge in [-0.05, 0) is 11.1 Å². The van der Waals surface area contributed by atoms with Gasteiger partial charge in [0.1, 0.15) is 12.6 Å². The summed E-state index contributed by atoms with van der Waals surface area (Å²) in [4.78, 5) is 0. The zero-order chi connectivity index (χ0) is 15.3. The molecule has 0 N–H and O–H groups in total. The molecule has 1 aliphatic rings. The molecule has 0 atom stereocenters. The average Bonchev–Trinajstić information content (AvgIpc) is 3.00. The highest BCUT2D eigenvalue weighted by molar-refractivity contribution is 5.29. The first kappa shape index (κ1) is 18.4. The molecule has 2 aromatic rings. The van der Waals surface area contributed by atoms with E-state index in [0.717, 1.165) is 17.6 Å². The number of quaternary nitrogens is 1. The molecule has 0 bridgehead atoms. The first-order valence-electron chi connectivity index (χ1n) is 8.32. The topological polar surface area (TPSA) is 9.23 Å². The summed E-state index contributed by atoms with van der Waals surface area (Å²) in [5.41, 5.74) is 2.47. The molecular formula is C20H26INO. The molecule has 0 saturated carbocycles. The summed E-state index contributed by atoms with van der Waals surface area (Å²) in [6, 6.07) is 21.1. The summed E-state index contributed by atoms with van der Waals surface area (Å²) >= 11 is 0. The van der Waals surface area contributed by atoms with Crippen LogP contribution in [-0.2, 0) is 4.74 Å². The van der Waals surface area contributed by atoms with Gasteiger partial charge in [-0.1, -0.05) is 60.7 Å². The fraction of sp³-hybridized carbons (Fsp3) is 0.400. The number of nitrogens with zero attached hydrogens (tertiary/aromatic N) is 1. The second-order valence-corrected chi connectivity index (χ2v) is 6.57. The number of benzene rings is 2. The van der Waals surface area contributed by atoms with E-state index >= 15 is 0 Å². The molecule has 124 valence electrons. The van der Waals surface area contributed by atoms with Crippen LogP contribution in [0.15, 0.2) is 60.7 Å². The molecule has 23 heavy (non-hydrogen) atoms. The predicted octanol–water partition coefficient (Wildman–Crippen LogP) is 1.04. The van der Waals surface area contributed by atoms with Crippen molar-refractivity contribution in [2.75, 3.05) is 33.3 Å². The molecule has 1 saturated heterocycles. The largest absolute Gasteiger partial charge is 1.00 e. The number of likely N-dealkylation sites (tertiary alicyclic amines) is 1. The molecule has 3 heteroatoms. The van der Waals surface area contributed by atoms with Crippen molar-refractivity contribution in [3.63, 3.8) is 0 Å². The number of rotatable bonds is 6. The van der Waals surface area contributed by atoms with E-state index in [-0.39, 0.29) is 30.1 Å². The minimum absolute atomic E-state index is 0. The first-order valence-corrected chi connectivity index (χ1v) is 8.32. The van der Waals surface area contributed by atoms with Crippen molar-refractivity contribution >= 4 is 0 Å². The molecule has 1 aliphatic heterocycles. The van der Waals surface area contributed by atoms with E-state index in [1.54, 1.807) is 0 Å². The van der Waals surface area contributed by atoms with Gasteiger partial charge < -0.3 is 33.2 Å². The molecule has 1 fully saturated rings. The lowest BCUT2D eigenvalue weighted by molar-refractivity contribution is -0.898. The van der Waals surface area contributed by atoms with E-state index in [4.69, 9.17) is 4.74 Å².